The Morgan fingerprint density at radius 2 is 1.69 bits per heavy atom. The highest BCUT2D eigenvalue weighted by Crippen LogP contribution is 2.39. The first kappa shape index (κ1) is 22.7. The van der Waals surface area contributed by atoms with Gasteiger partial charge in [0.15, 0.2) is 5.75 Å². The number of halogens is 4. The molecule has 0 aromatic heterocycles. The predicted octanol–water partition coefficient (Wildman–Crippen LogP) is 7.61. The predicted molar refractivity (Wildman–Crippen MR) is 127 cm³/mol. The van der Waals surface area contributed by atoms with Crippen LogP contribution in [0.15, 0.2) is 65.6 Å². The van der Waals surface area contributed by atoms with Gasteiger partial charge < -0.3 is 4.74 Å². The molecule has 1 aliphatic rings. The molecule has 0 bridgehead atoms. The summed E-state index contributed by atoms with van der Waals surface area (Å²) in [6.07, 6.45) is 1.52. The molecule has 4 nitrogen and oxygen atoms in total. The van der Waals surface area contributed by atoms with E-state index in [4.69, 9.17) is 39.5 Å². The molecule has 0 atom stereocenters. The van der Waals surface area contributed by atoms with Gasteiger partial charge in [-0.15, -0.1) is 0 Å². The van der Waals surface area contributed by atoms with Gasteiger partial charge in [0, 0.05) is 10.6 Å². The maximum Gasteiger partial charge on any atom is 0.298 e. The Labute approximate surface area is 202 Å². The van der Waals surface area contributed by atoms with Crippen molar-refractivity contribution in [3.8, 4) is 5.75 Å². The number of nitrogens with zero attached hydrogens (tertiary/aromatic N) is 1. The van der Waals surface area contributed by atoms with Gasteiger partial charge in [0.05, 0.1) is 20.6 Å². The summed E-state index contributed by atoms with van der Waals surface area (Å²) in [6.45, 7) is -0.0516. The molecule has 0 radical (unpaired) electrons. The number of hydrogen-bond acceptors (Lipinski definition) is 4. The summed E-state index contributed by atoms with van der Waals surface area (Å²) in [5, 5.41) is 0.351. The van der Waals surface area contributed by atoms with Crippen molar-refractivity contribution in [3.63, 3.8) is 0 Å². The zero-order chi connectivity index (χ0) is 22.8. The van der Waals surface area contributed by atoms with Gasteiger partial charge in [0.1, 0.15) is 12.4 Å². The third-order valence-corrected chi connectivity index (χ3v) is 6.17. The highest BCUT2D eigenvalue weighted by Gasteiger charge is 2.36. The van der Waals surface area contributed by atoms with E-state index in [0.717, 1.165) is 16.7 Å². The van der Waals surface area contributed by atoms with E-state index < -0.39 is 17.0 Å². The molecule has 0 aliphatic carbocycles. The van der Waals surface area contributed by atoms with Crippen molar-refractivity contribution >= 4 is 69.5 Å². The summed E-state index contributed by atoms with van der Waals surface area (Å²) < 4.78 is 19.4. The minimum absolute atomic E-state index is 0.0516. The second-order valence-corrected chi connectivity index (χ2v) is 8.93. The third kappa shape index (κ3) is 4.79. The van der Waals surface area contributed by atoms with Crippen molar-refractivity contribution < 1.29 is 18.7 Å². The monoisotopic (exact) mass is 507 g/mol. The number of imide groups is 1. The Bertz CT molecular complexity index is 1240. The van der Waals surface area contributed by atoms with E-state index in [-0.39, 0.29) is 27.3 Å². The van der Waals surface area contributed by atoms with Crippen LogP contribution in [0.5, 0.6) is 5.75 Å². The molecular weight excluding hydrogens is 496 g/mol. The lowest BCUT2D eigenvalue weighted by Crippen LogP contribution is -2.27. The highest BCUT2D eigenvalue weighted by molar-refractivity contribution is 8.19. The van der Waals surface area contributed by atoms with Crippen LogP contribution < -0.4 is 9.64 Å². The van der Waals surface area contributed by atoms with Crippen LogP contribution in [0.25, 0.3) is 6.08 Å². The molecule has 1 saturated heterocycles. The van der Waals surface area contributed by atoms with E-state index in [2.05, 4.69) is 0 Å². The van der Waals surface area contributed by atoms with Gasteiger partial charge >= 0.3 is 0 Å². The number of carbonyl (C=O) groups excluding carboxylic acids is 2. The molecule has 9 heteroatoms. The van der Waals surface area contributed by atoms with Gasteiger partial charge in [0.2, 0.25) is 0 Å². The van der Waals surface area contributed by atoms with E-state index in [1.165, 1.54) is 18.2 Å². The molecule has 0 saturated carbocycles. The second-order valence-electron chi connectivity index (χ2n) is 6.69. The Kier molecular flexibility index (Phi) is 6.76. The molecule has 0 spiro atoms. The van der Waals surface area contributed by atoms with Crippen LogP contribution in [0.1, 0.15) is 11.1 Å². The number of hydrogen-bond donors (Lipinski definition) is 0. The van der Waals surface area contributed by atoms with E-state index in [1.807, 2.05) is 0 Å². The van der Waals surface area contributed by atoms with E-state index >= 15 is 0 Å². The average molecular weight is 509 g/mol. The van der Waals surface area contributed by atoms with E-state index in [0.29, 0.717) is 21.8 Å². The first-order valence-corrected chi connectivity index (χ1v) is 11.2. The van der Waals surface area contributed by atoms with Gasteiger partial charge in [-0.2, -0.15) is 0 Å². The lowest BCUT2D eigenvalue weighted by Gasteiger charge is -2.12. The molecule has 4 rings (SSSR count). The maximum atomic E-state index is 13.8. The quantitative estimate of drug-likeness (QED) is 0.333. The van der Waals surface area contributed by atoms with Crippen molar-refractivity contribution in [2.45, 2.75) is 6.61 Å². The summed E-state index contributed by atoms with van der Waals surface area (Å²) in [5.74, 6) is -0.679. The smallest absolute Gasteiger partial charge is 0.298 e. The summed E-state index contributed by atoms with van der Waals surface area (Å²) >= 11 is 19.4. The van der Waals surface area contributed by atoms with Crippen molar-refractivity contribution in [3.05, 3.63) is 97.6 Å². The van der Waals surface area contributed by atoms with Gasteiger partial charge in [-0.25, -0.2) is 9.29 Å². The van der Waals surface area contributed by atoms with Gasteiger partial charge in [-0.1, -0.05) is 59.1 Å². The number of ether oxygens (including phenoxy) is 1. The summed E-state index contributed by atoms with van der Waals surface area (Å²) in [4.78, 5) is 26.5. The second kappa shape index (κ2) is 9.55. The van der Waals surface area contributed by atoms with Crippen LogP contribution in [0.3, 0.4) is 0 Å². The maximum absolute atomic E-state index is 13.8. The molecule has 1 heterocycles. The molecule has 0 N–H and O–H groups in total. The zero-order valence-electron chi connectivity index (χ0n) is 16.2. The van der Waals surface area contributed by atoms with Crippen LogP contribution in [-0.2, 0) is 11.4 Å². The Morgan fingerprint density at radius 1 is 0.969 bits per heavy atom. The highest BCUT2D eigenvalue weighted by atomic mass is 35.5. The number of rotatable bonds is 5. The van der Waals surface area contributed by atoms with Crippen LogP contribution >= 0.6 is 46.6 Å². The van der Waals surface area contributed by atoms with Crippen LogP contribution in [0.2, 0.25) is 15.1 Å². The third-order valence-electron chi connectivity index (χ3n) is 4.51. The standard InChI is InChI=1S/C23H13Cl3FNO3S/c24-15-5-3-6-16(11-15)28-22(29)20(32-23(28)30)10-13-8-17(25)21(18(26)9-13)31-12-14-4-1-2-7-19(14)27/h1-11H,12H2/b20-10+. The molecule has 2 amide bonds. The molecular formula is C23H13Cl3FNO3S. The fraction of sp³-hybridized carbons (Fsp3) is 0.0435. The fourth-order valence-electron chi connectivity index (χ4n) is 3.02. The van der Waals surface area contributed by atoms with Crippen LogP contribution in [0, 0.1) is 5.82 Å². The molecule has 162 valence electrons. The van der Waals surface area contributed by atoms with Crippen molar-refractivity contribution in [1.82, 2.24) is 0 Å². The largest absolute Gasteiger partial charge is 0.486 e. The SMILES string of the molecule is O=C1S/C(=C/c2cc(Cl)c(OCc3ccccc3F)c(Cl)c2)C(=O)N1c1cccc(Cl)c1. The van der Waals surface area contributed by atoms with Crippen molar-refractivity contribution in [1.29, 1.82) is 0 Å². The van der Waals surface area contributed by atoms with Crippen LogP contribution in [0.4, 0.5) is 14.9 Å². The summed E-state index contributed by atoms with van der Waals surface area (Å²) in [6, 6.07) is 15.8. The normalized spacial score (nSPS) is 15.0. The lowest BCUT2D eigenvalue weighted by molar-refractivity contribution is -0.113. The molecule has 32 heavy (non-hydrogen) atoms. The molecule has 1 aliphatic heterocycles. The van der Waals surface area contributed by atoms with E-state index in [9.17, 15) is 14.0 Å². The Balaban J connectivity index is 1.56. The molecule has 3 aromatic rings. The summed E-state index contributed by atoms with van der Waals surface area (Å²) in [5.41, 5.74) is 1.25. The fourth-order valence-corrected chi connectivity index (χ4v) is 4.66. The first-order chi connectivity index (χ1) is 15.3. The van der Waals surface area contributed by atoms with Gasteiger partial charge in [-0.3, -0.25) is 9.59 Å². The summed E-state index contributed by atoms with van der Waals surface area (Å²) in [7, 11) is 0. The van der Waals surface area contributed by atoms with Crippen molar-refractivity contribution in [2.24, 2.45) is 0 Å². The molecule has 3 aromatic carbocycles. The molecule has 1 fully saturated rings. The molecule has 0 unspecified atom stereocenters. The van der Waals surface area contributed by atoms with Gasteiger partial charge in [0.25, 0.3) is 11.1 Å². The number of carbonyl (C=O) groups is 2. The Hall–Kier alpha value is -2.51. The number of amides is 2. The van der Waals surface area contributed by atoms with Crippen molar-refractivity contribution in [2.75, 3.05) is 4.90 Å². The minimum Gasteiger partial charge on any atom is -0.486 e. The van der Waals surface area contributed by atoms with Crippen LogP contribution in [-0.4, -0.2) is 11.1 Å². The zero-order valence-corrected chi connectivity index (χ0v) is 19.2. The lowest BCUT2D eigenvalue weighted by atomic mass is 10.2. The number of benzene rings is 3. The topological polar surface area (TPSA) is 46.6 Å². The Morgan fingerprint density at radius 3 is 2.38 bits per heavy atom. The minimum atomic E-state index is -0.477. The number of anilines is 1. The average Bonchev–Trinajstić information content (AvgIpc) is 3.01. The number of thioether (sulfide) groups is 1. The van der Waals surface area contributed by atoms with E-state index in [1.54, 1.807) is 48.5 Å². The van der Waals surface area contributed by atoms with Gasteiger partial charge in [-0.05, 0) is 59.8 Å². The first-order valence-electron chi connectivity index (χ1n) is 9.22.